The molecule has 1 amide bonds. The van der Waals surface area contributed by atoms with E-state index in [1.165, 1.54) is 11.3 Å². The number of amides is 1. The Bertz CT molecular complexity index is 1010. The molecule has 1 aromatic heterocycles. The van der Waals surface area contributed by atoms with E-state index in [1.54, 1.807) is 25.2 Å². The highest BCUT2D eigenvalue weighted by atomic mass is 32.1. The largest absolute Gasteiger partial charge is 0.355 e. The summed E-state index contributed by atoms with van der Waals surface area (Å²) in [6.45, 7) is 0. The summed E-state index contributed by atoms with van der Waals surface area (Å²) in [7, 11) is 1.56. The number of Topliss-reactive ketones (excluding diaryl/α,β-unsaturated/α-hetero) is 1. The predicted molar refractivity (Wildman–Crippen MR) is 98.5 cm³/mol. The van der Waals surface area contributed by atoms with Crippen molar-refractivity contribution >= 4 is 44.1 Å². The minimum absolute atomic E-state index is 0.158. The molecular formula is C18H14N4O2S. The molecule has 0 fully saturated rings. The van der Waals surface area contributed by atoms with E-state index in [2.05, 4.69) is 20.8 Å². The second-order valence-corrected chi connectivity index (χ2v) is 6.64. The van der Waals surface area contributed by atoms with Crippen molar-refractivity contribution in [3.63, 3.8) is 0 Å². The number of carbonyl (C=O) groups is 2. The molecule has 0 saturated carbocycles. The summed E-state index contributed by atoms with van der Waals surface area (Å²) >= 11 is 1.48. The Morgan fingerprint density at radius 3 is 2.88 bits per heavy atom. The van der Waals surface area contributed by atoms with Gasteiger partial charge in [0.05, 0.1) is 10.2 Å². The molecule has 2 N–H and O–H groups in total. The molecule has 1 heterocycles. The predicted octanol–water partition coefficient (Wildman–Crippen LogP) is 2.86. The maximum atomic E-state index is 12.5. The van der Waals surface area contributed by atoms with Crippen LogP contribution in [0.1, 0.15) is 26.3 Å². The van der Waals surface area contributed by atoms with Crippen molar-refractivity contribution in [2.24, 2.45) is 5.10 Å². The summed E-state index contributed by atoms with van der Waals surface area (Å²) < 4.78 is 1.06. The lowest BCUT2D eigenvalue weighted by molar-refractivity contribution is 0.0963. The molecule has 7 heteroatoms. The standard InChI is InChI=1S/C18H14N4O2S/c1-19-17(24)11-7-6-10-9-14(16(23)12(10)8-11)21-22-18-20-13-4-2-3-5-15(13)25-18/h2-8H,9H2,1H3,(H,19,24)(H,20,22)/b21-14-. The molecule has 0 spiro atoms. The van der Waals surface area contributed by atoms with Crippen molar-refractivity contribution in [2.75, 3.05) is 12.5 Å². The summed E-state index contributed by atoms with van der Waals surface area (Å²) in [5, 5.41) is 7.44. The number of fused-ring (bicyclic) bond motifs is 2. The van der Waals surface area contributed by atoms with E-state index in [0.717, 1.165) is 15.8 Å². The second kappa shape index (κ2) is 6.10. The van der Waals surface area contributed by atoms with Crippen molar-refractivity contribution < 1.29 is 9.59 Å². The van der Waals surface area contributed by atoms with Gasteiger partial charge in [-0.25, -0.2) is 4.98 Å². The number of anilines is 1. The lowest BCUT2D eigenvalue weighted by Gasteiger charge is -2.01. The van der Waals surface area contributed by atoms with Crippen molar-refractivity contribution in [3.8, 4) is 0 Å². The topological polar surface area (TPSA) is 83.5 Å². The number of benzene rings is 2. The van der Waals surface area contributed by atoms with Gasteiger partial charge in [0.15, 0.2) is 0 Å². The van der Waals surface area contributed by atoms with Gasteiger partial charge in [0.2, 0.25) is 10.9 Å². The third-order valence-corrected chi connectivity index (χ3v) is 4.99. The number of carbonyl (C=O) groups excluding carboxylic acids is 2. The van der Waals surface area contributed by atoms with E-state index in [0.29, 0.717) is 28.4 Å². The Kier molecular flexibility index (Phi) is 3.77. The Hall–Kier alpha value is -3.06. The smallest absolute Gasteiger partial charge is 0.251 e. The minimum Gasteiger partial charge on any atom is -0.355 e. The Morgan fingerprint density at radius 1 is 1.24 bits per heavy atom. The molecule has 1 aliphatic rings. The molecule has 1 aliphatic carbocycles. The molecule has 0 bridgehead atoms. The quantitative estimate of drug-likeness (QED) is 0.712. The lowest BCUT2D eigenvalue weighted by atomic mass is 10.1. The van der Waals surface area contributed by atoms with Gasteiger partial charge in [-0.2, -0.15) is 5.10 Å². The fourth-order valence-corrected chi connectivity index (χ4v) is 3.58. The molecule has 124 valence electrons. The fourth-order valence-electron chi connectivity index (χ4n) is 2.77. The maximum absolute atomic E-state index is 12.5. The second-order valence-electron chi connectivity index (χ2n) is 5.61. The molecule has 0 unspecified atom stereocenters. The summed E-state index contributed by atoms with van der Waals surface area (Å²) in [5.74, 6) is -0.372. The molecule has 2 aromatic carbocycles. The summed E-state index contributed by atoms with van der Waals surface area (Å²) in [4.78, 5) is 28.7. The Balaban J connectivity index is 1.58. The SMILES string of the molecule is CNC(=O)c1ccc2c(c1)C(=O)/C(=N\Nc1nc3ccccc3s1)C2. The first-order valence-electron chi connectivity index (χ1n) is 7.73. The van der Waals surface area contributed by atoms with E-state index < -0.39 is 0 Å². The third-order valence-electron chi connectivity index (χ3n) is 4.04. The summed E-state index contributed by atoms with van der Waals surface area (Å²) in [6.07, 6.45) is 0.445. The number of ketones is 1. The zero-order valence-corrected chi connectivity index (χ0v) is 14.2. The van der Waals surface area contributed by atoms with Crippen LogP contribution in [0.2, 0.25) is 0 Å². The number of rotatable bonds is 3. The number of nitrogens with one attached hydrogen (secondary N) is 2. The molecule has 4 rings (SSSR count). The Morgan fingerprint density at radius 2 is 2.08 bits per heavy atom. The number of aromatic nitrogens is 1. The molecule has 0 saturated heterocycles. The first kappa shape index (κ1) is 15.5. The number of para-hydroxylation sites is 1. The van der Waals surface area contributed by atoms with Crippen LogP contribution in [0.4, 0.5) is 5.13 Å². The van der Waals surface area contributed by atoms with E-state index in [9.17, 15) is 9.59 Å². The average molecular weight is 350 g/mol. The van der Waals surface area contributed by atoms with Crippen LogP contribution in [0, 0.1) is 0 Å². The third kappa shape index (κ3) is 2.78. The van der Waals surface area contributed by atoms with Gasteiger partial charge in [0.25, 0.3) is 5.91 Å². The van der Waals surface area contributed by atoms with Crippen LogP contribution < -0.4 is 10.7 Å². The van der Waals surface area contributed by atoms with Crippen LogP contribution in [0.3, 0.4) is 0 Å². The molecule has 0 atom stereocenters. The fraction of sp³-hybridized carbons (Fsp3) is 0.111. The number of hydrazone groups is 1. The van der Waals surface area contributed by atoms with Crippen LogP contribution in [0.15, 0.2) is 47.6 Å². The van der Waals surface area contributed by atoms with Crippen LogP contribution in [-0.2, 0) is 6.42 Å². The van der Waals surface area contributed by atoms with Gasteiger partial charge in [-0.3, -0.25) is 15.0 Å². The zero-order chi connectivity index (χ0) is 17.4. The first-order chi connectivity index (χ1) is 12.2. The lowest BCUT2D eigenvalue weighted by Crippen LogP contribution is -2.18. The molecule has 6 nitrogen and oxygen atoms in total. The van der Waals surface area contributed by atoms with Crippen molar-refractivity contribution in [1.82, 2.24) is 10.3 Å². The maximum Gasteiger partial charge on any atom is 0.251 e. The highest BCUT2D eigenvalue weighted by Crippen LogP contribution is 2.26. The summed E-state index contributed by atoms with van der Waals surface area (Å²) in [5.41, 5.74) is 6.08. The van der Waals surface area contributed by atoms with Gasteiger partial charge in [-0.1, -0.05) is 29.5 Å². The monoisotopic (exact) mass is 350 g/mol. The number of nitrogens with zero attached hydrogens (tertiary/aromatic N) is 2. The molecule has 0 radical (unpaired) electrons. The molecule has 0 aliphatic heterocycles. The number of hydrogen-bond donors (Lipinski definition) is 2. The zero-order valence-electron chi connectivity index (χ0n) is 13.4. The van der Waals surface area contributed by atoms with Crippen molar-refractivity contribution in [3.05, 3.63) is 59.2 Å². The van der Waals surface area contributed by atoms with Gasteiger partial charge >= 0.3 is 0 Å². The van der Waals surface area contributed by atoms with Crippen molar-refractivity contribution in [2.45, 2.75) is 6.42 Å². The Labute approximate surface area is 147 Å². The highest BCUT2D eigenvalue weighted by Gasteiger charge is 2.27. The summed E-state index contributed by atoms with van der Waals surface area (Å²) in [6, 6.07) is 12.9. The van der Waals surface area contributed by atoms with Gasteiger partial charge in [0.1, 0.15) is 5.71 Å². The van der Waals surface area contributed by atoms with Crippen LogP contribution in [0.25, 0.3) is 10.2 Å². The van der Waals surface area contributed by atoms with Crippen LogP contribution >= 0.6 is 11.3 Å². The van der Waals surface area contributed by atoms with Gasteiger partial charge in [0, 0.05) is 24.6 Å². The minimum atomic E-state index is -0.214. The molecular weight excluding hydrogens is 336 g/mol. The van der Waals surface area contributed by atoms with Crippen molar-refractivity contribution in [1.29, 1.82) is 0 Å². The van der Waals surface area contributed by atoms with E-state index in [1.807, 2.05) is 24.3 Å². The van der Waals surface area contributed by atoms with Gasteiger partial charge in [-0.15, -0.1) is 0 Å². The van der Waals surface area contributed by atoms with E-state index in [4.69, 9.17) is 0 Å². The van der Waals surface area contributed by atoms with Gasteiger partial charge < -0.3 is 5.32 Å². The van der Waals surface area contributed by atoms with Crippen LogP contribution in [0.5, 0.6) is 0 Å². The highest BCUT2D eigenvalue weighted by molar-refractivity contribution is 7.22. The molecule has 3 aromatic rings. The normalized spacial score (nSPS) is 14.8. The van der Waals surface area contributed by atoms with Crippen LogP contribution in [-0.4, -0.2) is 29.4 Å². The average Bonchev–Trinajstić information content (AvgIpc) is 3.19. The number of hydrogen-bond acceptors (Lipinski definition) is 6. The first-order valence-corrected chi connectivity index (χ1v) is 8.55. The van der Waals surface area contributed by atoms with Gasteiger partial charge in [-0.05, 0) is 29.8 Å². The number of thiazole rings is 1. The van der Waals surface area contributed by atoms with E-state index >= 15 is 0 Å². The molecule has 25 heavy (non-hydrogen) atoms. The van der Waals surface area contributed by atoms with E-state index in [-0.39, 0.29) is 11.7 Å².